The lowest BCUT2D eigenvalue weighted by atomic mass is 9.88. The molecule has 0 aromatic carbocycles. The van der Waals surface area contributed by atoms with E-state index in [2.05, 4.69) is 0 Å². The van der Waals surface area contributed by atoms with Crippen molar-refractivity contribution in [1.29, 1.82) is 0 Å². The average Bonchev–Trinajstić information content (AvgIpc) is 2.46. The quantitative estimate of drug-likeness (QED) is 0.845. The molecule has 0 aromatic rings. The first-order valence-electron chi connectivity index (χ1n) is 8.12. The van der Waals surface area contributed by atoms with Gasteiger partial charge in [-0.15, -0.1) is 0 Å². The molecular weight excluding hydrogens is 290 g/mol. The number of hydrogen-bond donors (Lipinski definition) is 1. The van der Waals surface area contributed by atoms with E-state index in [1.54, 1.807) is 0 Å². The lowest BCUT2D eigenvalue weighted by Crippen LogP contribution is -2.48. The summed E-state index contributed by atoms with van der Waals surface area (Å²) in [4.78, 5) is 11.1. The molecule has 2 unspecified atom stereocenters. The van der Waals surface area contributed by atoms with Gasteiger partial charge < -0.3 is 5.11 Å². The summed E-state index contributed by atoms with van der Waals surface area (Å²) < 4.78 is 26.5. The van der Waals surface area contributed by atoms with Gasteiger partial charge in [0.15, 0.2) is 0 Å². The Morgan fingerprint density at radius 3 is 2.43 bits per heavy atom. The minimum atomic E-state index is -3.33. The molecule has 1 aliphatic heterocycles. The highest BCUT2D eigenvalue weighted by Gasteiger charge is 2.36. The number of aliphatic carboxylic acids is 1. The van der Waals surface area contributed by atoms with Crippen LogP contribution in [0.5, 0.6) is 0 Å². The van der Waals surface area contributed by atoms with Crippen LogP contribution in [0.4, 0.5) is 0 Å². The molecular formula is C15H27NO4S. The number of rotatable bonds is 5. The molecule has 1 aliphatic carbocycles. The number of carboxylic acid groups (broad SMARTS) is 1. The van der Waals surface area contributed by atoms with Gasteiger partial charge in [-0.3, -0.25) is 4.79 Å². The average molecular weight is 317 g/mol. The molecule has 0 amide bonds. The first kappa shape index (κ1) is 16.7. The van der Waals surface area contributed by atoms with Gasteiger partial charge >= 0.3 is 5.97 Å². The minimum absolute atomic E-state index is 0.0723. The van der Waals surface area contributed by atoms with Crippen LogP contribution in [0.3, 0.4) is 0 Å². The molecule has 1 heterocycles. The molecule has 1 N–H and O–H groups in total. The van der Waals surface area contributed by atoms with E-state index in [4.69, 9.17) is 5.11 Å². The van der Waals surface area contributed by atoms with E-state index in [0.717, 1.165) is 19.3 Å². The zero-order valence-electron chi connectivity index (χ0n) is 12.8. The molecule has 0 radical (unpaired) electrons. The third kappa shape index (κ3) is 4.42. The molecule has 1 saturated heterocycles. The molecule has 5 nitrogen and oxygen atoms in total. The van der Waals surface area contributed by atoms with Gasteiger partial charge in [0.05, 0.1) is 11.7 Å². The SMILES string of the molecule is CC1CCC(C(=O)O)CN1S(=O)(=O)CCC1CCCCC1. The van der Waals surface area contributed by atoms with Crippen LogP contribution < -0.4 is 0 Å². The number of carboxylic acids is 1. The molecule has 2 atom stereocenters. The Hall–Kier alpha value is -0.620. The predicted octanol–water partition coefficient (Wildman–Crippen LogP) is 2.47. The Labute approximate surface area is 127 Å². The lowest BCUT2D eigenvalue weighted by molar-refractivity contribution is -0.143. The maximum absolute atomic E-state index is 12.5. The van der Waals surface area contributed by atoms with Gasteiger partial charge in [0.2, 0.25) is 10.0 Å². The molecule has 1 saturated carbocycles. The van der Waals surface area contributed by atoms with Gasteiger partial charge in [-0.25, -0.2) is 8.42 Å². The fraction of sp³-hybridized carbons (Fsp3) is 0.933. The second-order valence-electron chi connectivity index (χ2n) is 6.64. The summed E-state index contributed by atoms with van der Waals surface area (Å²) in [6, 6.07) is -0.0723. The summed E-state index contributed by atoms with van der Waals surface area (Å²) in [5.41, 5.74) is 0. The van der Waals surface area contributed by atoms with Gasteiger partial charge in [0.1, 0.15) is 0 Å². The molecule has 2 aliphatic rings. The van der Waals surface area contributed by atoms with Crippen molar-refractivity contribution in [2.24, 2.45) is 11.8 Å². The van der Waals surface area contributed by atoms with Crippen LogP contribution in [0.25, 0.3) is 0 Å². The van der Waals surface area contributed by atoms with Crippen LogP contribution in [-0.4, -0.2) is 42.1 Å². The summed E-state index contributed by atoms with van der Waals surface area (Å²) in [5.74, 6) is -0.724. The zero-order valence-corrected chi connectivity index (χ0v) is 13.6. The number of sulfonamides is 1. The molecule has 6 heteroatoms. The summed E-state index contributed by atoms with van der Waals surface area (Å²) >= 11 is 0. The molecule has 21 heavy (non-hydrogen) atoms. The lowest BCUT2D eigenvalue weighted by Gasteiger charge is -2.35. The van der Waals surface area contributed by atoms with E-state index in [1.807, 2.05) is 6.92 Å². The standard InChI is InChI=1S/C15H27NO4S/c1-12-7-8-14(15(17)18)11-16(12)21(19,20)10-9-13-5-3-2-4-6-13/h12-14H,2-11H2,1H3,(H,17,18). The van der Waals surface area contributed by atoms with Crippen LogP contribution in [0.2, 0.25) is 0 Å². The van der Waals surface area contributed by atoms with Crippen LogP contribution in [0.15, 0.2) is 0 Å². The van der Waals surface area contributed by atoms with Gasteiger partial charge in [-0.1, -0.05) is 32.1 Å². The number of nitrogens with zero attached hydrogens (tertiary/aromatic N) is 1. The molecule has 0 aromatic heterocycles. The molecule has 2 fully saturated rings. The Morgan fingerprint density at radius 1 is 1.14 bits per heavy atom. The van der Waals surface area contributed by atoms with Crippen LogP contribution in [0.1, 0.15) is 58.3 Å². The van der Waals surface area contributed by atoms with Crippen molar-refractivity contribution in [2.75, 3.05) is 12.3 Å². The highest BCUT2D eigenvalue weighted by atomic mass is 32.2. The van der Waals surface area contributed by atoms with Crippen molar-refractivity contribution in [3.05, 3.63) is 0 Å². The molecule has 0 bridgehead atoms. The maximum atomic E-state index is 12.5. The van der Waals surface area contributed by atoms with Crippen molar-refractivity contribution in [3.63, 3.8) is 0 Å². The van der Waals surface area contributed by atoms with Crippen molar-refractivity contribution < 1.29 is 18.3 Å². The second kappa shape index (κ2) is 7.09. The molecule has 122 valence electrons. The molecule has 0 spiro atoms. The summed E-state index contributed by atoms with van der Waals surface area (Å²) in [5, 5.41) is 9.12. The third-order valence-corrected chi connectivity index (χ3v) is 7.02. The normalized spacial score (nSPS) is 29.4. The van der Waals surface area contributed by atoms with E-state index in [1.165, 1.54) is 23.6 Å². The van der Waals surface area contributed by atoms with Gasteiger partial charge in [0.25, 0.3) is 0 Å². The van der Waals surface area contributed by atoms with E-state index in [0.29, 0.717) is 18.8 Å². The second-order valence-corrected chi connectivity index (χ2v) is 8.68. The Kier molecular flexibility index (Phi) is 5.66. The number of hydrogen-bond acceptors (Lipinski definition) is 3. The monoisotopic (exact) mass is 317 g/mol. The predicted molar refractivity (Wildman–Crippen MR) is 81.5 cm³/mol. The van der Waals surface area contributed by atoms with Crippen molar-refractivity contribution >= 4 is 16.0 Å². The van der Waals surface area contributed by atoms with Crippen LogP contribution in [0, 0.1) is 11.8 Å². The van der Waals surface area contributed by atoms with E-state index in [9.17, 15) is 13.2 Å². The fourth-order valence-electron chi connectivity index (χ4n) is 3.57. The number of piperidine rings is 1. The zero-order chi connectivity index (χ0) is 15.5. The van der Waals surface area contributed by atoms with E-state index in [-0.39, 0.29) is 18.3 Å². The van der Waals surface area contributed by atoms with Gasteiger partial charge in [-0.2, -0.15) is 4.31 Å². The molecule has 2 rings (SSSR count). The Bertz CT molecular complexity index is 456. The van der Waals surface area contributed by atoms with Crippen LogP contribution in [-0.2, 0) is 14.8 Å². The first-order valence-corrected chi connectivity index (χ1v) is 9.73. The van der Waals surface area contributed by atoms with Gasteiger partial charge in [-0.05, 0) is 32.1 Å². The fourth-order valence-corrected chi connectivity index (χ4v) is 5.50. The summed E-state index contributed by atoms with van der Waals surface area (Å²) in [7, 11) is -3.33. The van der Waals surface area contributed by atoms with Crippen molar-refractivity contribution in [3.8, 4) is 0 Å². The van der Waals surface area contributed by atoms with Crippen molar-refractivity contribution in [1.82, 2.24) is 4.31 Å². The van der Waals surface area contributed by atoms with E-state index >= 15 is 0 Å². The van der Waals surface area contributed by atoms with Crippen LogP contribution >= 0.6 is 0 Å². The Balaban J connectivity index is 1.94. The first-order chi connectivity index (χ1) is 9.90. The topological polar surface area (TPSA) is 74.7 Å². The minimum Gasteiger partial charge on any atom is -0.481 e. The van der Waals surface area contributed by atoms with Crippen molar-refractivity contribution in [2.45, 2.75) is 64.3 Å². The maximum Gasteiger partial charge on any atom is 0.307 e. The third-order valence-electron chi connectivity index (χ3n) is 5.04. The summed E-state index contributed by atoms with van der Waals surface area (Å²) in [6.07, 6.45) is 7.92. The smallest absolute Gasteiger partial charge is 0.307 e. The summed E-state index contributed by atoms with van der Waals surface area (Å²) in [6.45, 7) is 2.03. The highest BCUT2D eigenvalue weighted by molar-refractivity contribution is 7.89. The Morgan fingerprint density at radius 2 is 1.81 bits per heavy atom. The number of carbonyl (C=O) groups is 1. The van der Waals surface area contributed by atoms with Gasteiger partial charge in [0, 0.05) is 12.6 Å². The van der Waals surface area contributed by atoms with E-state index < -0.39 is 21.9 Å². The largest absolute Gasteiger partial charge is 0.481 e. The highest BCUT2D eigenvalue weighted by Crippen LogP contribution is 2.29.